The summed E-state index contributed by atoms with van der Waals surface area (Å²) in [4.78, 5) is 47.0. The molecule has 0 N–H and O–H groups in total. The third-order valence-corrected chi connectivity index (χ3v) is 8.32. The molecular formula is C33H49ClN6O6. The van der Waals surface area contributed by atoms with Gasteiger partial charge in [0, 0.05) is 51.5 Å². The van der Waals surface area contributed by atoms with Crippen molar-refractivity contribution in [1.29, 1.82) is 0 Å². The number of halogens is 1. The van der Waals surface area contributed by atoms with Crippen molar-refractivity contribution >= 4 is 29.5 Å². The van der Waals surface area contributed by atoms with Crippen molar-refractivity contribution in [1.82, 2.24) is 29.7 Å². The van der Waals surface area contributed by atoms with Crippen LogP contribution in [0.2, 0.25) is 5.02 Å². The minimum Gasteiger partial charge on any atom is -0.444 e. The number of morpholine rings is 1. The largest absolute Gasteiger partial charge is 0.444 e. The van der Waals surface area contributed by atoms with Gasteiger partial charge in [0.15, 0.2) is 5.69 Å². The summed E-state index contributed by atoms with van der Waals surface area (Å²) in [5, 5.41) is 9.44. The molecule has 3 amide bonds. The van der Waals surface area contributed by atoms with Crippen LogP contribution < -0.4 is 0 Å². The summed E-state index contributed by atoms with van der Waals surface area (Å²) >= 11 is 6.15. The van der Waals surface area contributed by atoms with Crippen molar-refractivity contribution in [3.8, 4) is 5.69 Å². The molecule has 2 aliphatic rings. The number of carbonyl (C=O) groups is 3. The van der Waals surface area contributed by atoms with Crippen LogP contribution in [0.25, 0.3) is 5.69 Å². The maximum atomic E-state index is 14.6. The van der Waals surface area contributed by atoms with Gasteiger partial charge in [-0.05, 0) is 76.6 Å². The van der Waals surface area contributed by atoms with Crippen LogP contribution in [0.1, 0.15) is 70.1 Å². The molecule has 46 heavy (non-hydrogen) atoms. The van der Waals surface area contributed by atoms with Crippen LogP contribution >= 0.6 is 11.6 Å². The summed E-state index contributed by atoms with van der Waals surface area (Å²) in [6, 6.07) is 6.81. The number of hydrogen-bond acceptors (Lipinski definition) is 8. The minimum absolute atomic E-state index is 0.0361. The van der Waals surface area contributed by atoms with Crippen molar-refractivity contribution in [3.05, 3.63) is 40.7 Å². The molecule has 0 saturated carbocycles. The first-order valence-electron chi connectivity index (χ1n) is 16.2. The number of carbonyl (C=O) groups excluding carboxylic acids is 3. The monoisotopic (exact) mass is 660 g/mol. The molecule has 0 spiro atoms. The van der Waals surface area contributed by atoms with Crippen LogP contribution in [0.3, 0.4) is 0 Å². The molecule has 0 bridgehead atoms. The standard InChI is InChI=1S/C33H49ClN6O6/c1-23(2)20-39(31(42)29-28(9-7-8-16-44-6)40(36-35-29)26-12-10-25(34)11-13-26)27-19-24(30(41)37-14-17-45-18-15-37)21-38(22-27)32(43)46-33(3,4)5/h10-13,23-24,27H,7-9,14-22H2,1-6H3/t24-,27+/m1/s1. The molecule has 0 radical (unpaired) electrons. The number of aromatic nitrogens is 3. The summed E-state index contributed by atoms with van der Waals surface area (Å²) < 4.78 is 18.2. The van der Waals surface area contributed by atoms with Crippen LogP contribution in [-0.4, -0.2) is 119 Å². The number of hydrogen-bond donors (Lipinski definition) is 0. The van der Waals surface area contributed by atoms with Gasteiger partial charge in [0.05, 0.1) is 36.6 Å². The highest BCUT2D eigenvalue weighted by molar-refractivity contribution is 6.30. The summed E-state index contributed by atoms with van der Waals surface area (Å²) in [7, 11) is 1.67. The third kappa shape index (κ3) is 9.42. The van der Waals surface area contributed by atoms with E-state index in [-0.39, 0.29) is 36.5 Å². The van der Waals surface area contributed by atoms with Gasteiger partial charge in [-0.25, -0.2) is 9.48 Å². The number of nitrogens with zero attached hydrogens (tertiary/aromatic N) is 6. The molecule has 4 rings (SSSR count). The van der Waals surface area contributed by atoms with Crippen LogP contribution in [0.15, 0.2) is 24.3 Å². The molecule has 13 heteroatoms. The molecule has 1 aromatic carbocycles. The Labute approximate surface area is 277 Å². The molecule has 2 aliphatic heterocycles. The number of piperidine rings is 1. The summed E-state index contributed by atoms with van der Waals surface area (Å²) in [6.07, 6.45) is 2.06. The molecule has 2 fully saturated rings. The average Bonchev–Trinajstić information content (AvgIpc) is 3.44. The zero-order chi connectivity index (χ0) is 33.4. The second-order valence-electron chi connectivity index (χ2n) is 13.5. The molecule has 254 valence electrons. The van der Waals surface area contributed by atoms with E-state index in [0.717, 1.165) is 18.5 Å². The maximum Gasteiger partial charge on any atom is 0.410 e. The quantitative estimate of drug-likeness (QED) is 0.324. The lowest BCUT2D eigenvalue weighted by Crippen LogP contribution is -2.58. The first kappa shape index (κ1) is 35.6. The number of methoxy groups -OCH3 is 1. The fourth-order valence-corrected chi connectivity index (χ4v) is 6.07. The van der Waals surface area contributed by atoms with Crippen LogP contribution in [0.4, 0.5) is 4.79 Å². The van der Waals surface area contributed by atoms with Crippen LogP contribution in [0, 0.1) is 11.8 Å². The molecular weight excluding hydrogens is 612 g/mol. The Morgan fingerprint density at radius 1 is 1.07 bits per heavy atom. The number of unbranched alkanes of at least 4 members (excludes halogenated alkanes) is 1. The van der Waals surface area contributed by atoms with Crippen molar-refractivity contribution in [2.24, 2.45) is 11.8 Å². The number of rotatable bonds is 11. The minimum atomic E-state index is -0.709. The fourth-order valence-electron chi connectivity index (χ4n) is 5.94. The maximum absolute atomic E-state index is 14.6. The Bertz CT molecular complexity index is 1320. The predicted molar refractivity (Wildman–Crippen MR) is 174 cm³/mol. The van der Waals surface area contributed by atoms with Crippen LogP contribution in [-0.2, 0) is 25.4 Å². The van der Waals surface area contributed by atoms with Gasteiger partial charge in [0.1, 0.15) is 5.60 Å². The van der Waals surface area contributed by atoms with Gasteiger partial charge < -0.3 is 28.9 Å². The lowest BCUT2D eigenvalue weighted by Gasteiger charge is -2.44. The highest BCUT2D eigenvalue weighted by Gasteiger charge is 2.42. The third-order valence-electron chi connectivity index (χ3n) is 8.06. The average molecular weight is 661 g/mol. The lowest BCUT2D eigenvalue weighted by molar-refractivity contribution is -0.142. The Morgan fingerprint density at radius 2 is 1.76 bits per heavy atom. The van der Waals surface area contributed by atoms with Crippen molar-refractivity contribution < 1.29 is 28.6 Å². The van der Waals surface area contributed by atoms with Gasteiger partial charge in [0.2, 0.25) is 5.91 Å². The molecule has 1 aromatic heterocycles. The van der Waals surface area contributed by atoms with E-state index in [1.54, 1.807) is 38.6 Å². The number of ether oxygens (including phenoxy) is 3. The zero-order valence-electron chi connectivity index (χ0n) is 28.0. The van der Waals surface area contributed by atoms with E-state index < -0.39 is 23.7 Å². The molecule has 2 saturated heterocycles. The van der Waals surface area contributed by atoms with E-state index >= 15 is 0 Å². The van der Waals surface area contributed by atoms with E-state index in [1.807, 2.05) is 46.8 Å². The van der Waals surface area contributed by atoms with Crippen molar-refractivity contribution in [2.75, 3.05) is 59.7 Å². The summed E-state index contributed by atoms with van der Waals surface area (Å²) in [5.74, 6) is -0.689. The summed E-state index contributed by atoms with van der Waals surface area (Å²) in [5.41, 5.74) is 0.994. The molecule has 0 unspecified atom stereocenters. The molecule has 12 nitrogen and oxygen atoms in total. The lowest BCUT2D eigenvalue weighted by atomic mass is 9.91. The van der Waals surface area contributed by atoms with Gasteiger partial charge in [-0.2, -0.15) is 0 Å². The van der Waals surface area contributed by atoms with E-state index in [4.69, 9.17) is 25.8 Å². The fraction of sp³-hybridized carbons (Fsp3) is 0.667. The Kier molecular flexibility index (Phi) is 12.4. The predicted octanol–water partition coefficient (Wildman–Crippen LogP) is 4.47. The number of likely N-dealkylation sites (tertiary alicyclic amines) is 1. The number of amides is 3. The molecule has 0 aliphatic carbocycles. The Morgan fingerprint density at radius 3 is 2.39 bits per heavy atom. The summed E-state index contributed by atoms with van der Waals surface area (Å²) in [6.45, 7) is 13.0. The van der Waals surface area contributed by atoms with Gasteiger partial charge in [0.25, 0.3) is 5.91 Å². The molecule has 2 atom stereocenters. The normalized spacial score (nSPS) is 19.0. The van der Waals surface area contributed by atoms with E-state index in [9.17, 15) is 14.4 Å². The SMILES string of the molecule is COCCCCc1c(C(=O)N(CC(C)C)[C@H]2C[C@@H](C(=O)N3CCOCC3)CN(C(=O)OC(C)(C)C)C2)nnn1-c1ccc(Cl)cc1. The Balaban J connectivity index is 1.69. The van der Waals surface area contributed by atoms with Gasteiger partial charge >= 0.3 is 6.09 Å². The van der Waals surface area contributed by atoms with Gasteiger partial charge in [-0.3, -0.25) is 9.59 Å². The Hall–Kier alpha value is -3.22. The van der Waals surface area contributed by atoms with Gasteiger partial charge in [-0.1, -0.05) is 30.7 Å². The first-order chi connectivity index (χ1) is 21.9. The first-order valence-corrected chi connectivity index (χ1v) is 16.6. The smallest absolute Gasteiger partial charge is 0.410 e. The molecule has 2 aromatic rings. The van der Waals surface area contributed by atoms with Crippen LogP contribution in [0.5, 0.6) is 0 Å². The second kappa shape index (κ2) is 16.1. The second-order valence-corrected chi connectivity index (χ2v) is 13.9. The highest BCUT2D eigenvalue weighted by atomic mass is 35.5. The van der Waals surface area contributed by atoms with E-state index in [2.05, 4.69) is 10.3 Å². The topological polar surface area (TPSA) is 119 Å². The van der Waals surface area contributed by atoms with E-state index in [0.29, 0.717) is 63.0 Å². The van der Waals surface area contributed by atoms with Gasteiger partial charge in [-0.15, -0.1) is 5.10 Å². The molecule has 3 heterocycles. The van der Waals surface area contributed by atoms with Crippen molar-refractivity contribution in [2.45, 2.75) is 71.9 Å². The van der Waals surface area contributed by atoms with Crippen molar-refractivity contribution in [3.63, 3.8) is 0 Å². The van der Waals surface area contributed by atoms with E-state index in [1.165, 1.54) is 0 Å². The zero-order valence-corrected chi connectivity index (χ0v) is 28.8. The number of benzene rings is 1. The highest BCUT2D eigenvalue weighted by Crippen LogP contribution is 2.28.